The molecule has 3 rings (SSSR count). The van der Waals surface area contributed by atoms with Gasteiger partial charge in [0.2, 0.25) is 5.91 Å². The molecule has 0 fully saturated rings. The van der Waals surface area contributed by atoms with E-state index in [4.69, 9.17) is 9.47 Å². The second-order valence-electron chi connectivity index (χ2n) is 6.16. The van der Waals surface area contributed by atoms with Crippen LogP contribution in [0.4, 0.5) is 5.69 Å². The Labute approximate surface area is 179 Å². The number of carbonyl (C=O) groups is 1. The number of hydrogen-bond donors (Lipinski definition) is 1. The lowest BCUT2D eigenvalue weighted by molar-refractivity contribution is -0.113. The van der Waals surface area contributed by atoms with E-state index in [1.165, 1.54) is 11.8 Å². The molecule has 0 aliphatic rings. The Morgan fingerprint density at radius 1 is 1.17 bits per heavy atom. The van der Waals surface area contributed by atoms with Gasteiger partial charge in [0, 0.05) is 5.56 Å². The fourth-order valence-corrected chi connectivity index (χ4v) is 3.52. The maximum Gasteiger partial charge on any atom is 0.234 e. The van der Waals surface area contributed by atoms with E-state index in [2.05, 4.69) is 16.4 Å². The molecule has 0 aliphatic carbocycles. The monoisotopic (exact) mass is 419 g/mol. The van der Waals surface area contributed by atoms with Crippen molar-refractivity contribution in [2.24, 2.45) is 0 Å². The van der Waals surface area contributed by atoms with Crippen LogP contribution >= 0.6 is 11.8 Å². The van der Waals surface area contributed by atoms with Crippen molar-refractivity contribution in [2.45, 2.75) is 11.9 Å². The van der Waals surface area contributed by atoms with E-state index < -0.39 is 0 Å². The lowest BCUT2D eigenvalue weighted by Gasteiger charge is -2.11. The molecule has 30 heavy (non-hydrogen) atoms. The molecule has 0 saturated heterocycles. The van der Waals surface area contributed by atoms with Gasteiger partial charge < -0.3 is 14.8 Å². The molecule has 0 unspecified atom stereocenters. The Bertz CT molecular complexity index is 1080. The number of benzene rings is 2. The molecule has 7 heteroatoms. The summed E-state index contributed by atoms with van der Waals surface area (Å²) in [5.74, 6) is 1.25. The van der Waals surface area contributed by atoms with Gasteiger partial charge in [-0.2, -0.15) is 5.26 Å². The van der Waals surface area contributed by atoms with Crippen molar-refractivity contribution in [1.29, 1.82) is 5.26 Å². The first kappa shape index (κ1) is 21.2. The molecule has 0 saturated carbocycles. The largest absolute Gasteiger partial charge is 0.497 e. The van der Waals surface area contributed by atoms with Gasteiger partial charge in [0.05, 0.1) is 36.4 Å². The molecule has 0 atom stereocenters. The highest BCUT2D eigenvalue weighted by molar-refractivity contribution is 8.00. The molecule has 2 aromatic carbocycles. The van der Waals surface area contributed by atoms with Crippen LogP contribution in [0.5, 0.6) is 11.5 Å². The van der Waals surface area contributed by atoms with E-state index in [0.29, 0.717) is 34.3 Å². The van der Waals surface area contributed by atoms with Crippen molar-refractivity contribution in [2.75, 3.05) is 24.8 Å². The van der Waals surface area contributed by atoms with Crippen LogP contribution in [-0.4, -0.2) is 30.4 Å². The first-order valence-corrected chi connectivity index (χ1v) is 10.3. The normalized spacial score (nSPS) is 10.2. The number of rotatable bonds is 8. The molecule has 3 aromatic rings. The van der Waals surface area contributed by atoms with Crippen molar-refractivity contribution in [3.05, 3.63) is 66.2 Å². The number of amides is 1. The van der Waals surface area contributed by atoms with Crippen molar-refractivity contribution < 1.29 is 14.3 Å². The van der Waals surface area contributed by atoms with E-state index in [-0.39, 0.29) is 11.7 Å². The van der Waals surface area contributed by atoms with Gasteiger partial charge in [0.25, 0.3) is 0 Å². The molecule has 1 heterocycles. The second kappa shape index (κ2) is 10.3. The first-order valence-electron chi connectivity index (χ1n) is 9.34. The summed E-state index contributed by atoms with van der Waals surface area (Å²) in [6.45, 7) is 2.40. The minimum atomic E-state index is -0.204. The van der Waals surface area contributed by atoms with Crippen molar-refractivity contribution in [3.8, 4) is 28.8 Å². The summed E-state index contributed by atoms with van der Waals surface area (Å²) in [5, 5.41) is 12.8. The zero-order chi connectivity index (χ0) is 21.3. The van der Waals surface area contributed by atoms with E-state index in [9.17, 15) is 10.1 Å². The standard InChI is InChI=1S/C23H21N3O3S/c1-3-29-21-10-5-4-9-20(21)25-22(27)15-30-23-17(14-24)11-12-19(26-23)16-7-6-8-18(13-16)28-2/h4-13H,3,15H2,1-2H3,(H,25,27). The highest BCUT2D eigenvalue weighted by Crippen LogP contribution is 2.28. The van der Waals surface area contributed by atoms with Crippen LogP contribution in [0, 0.1) is 11.3 Å². The topological polar surface area (TPSA) is 84.2 Å². The summed E-state index contributed by atoms with van der Waals surface area (Å²) in [7, 11) is 1.61. The van der Waals surface area contributed by atoms with Crippen LogP contribution in [0.1, 0.15) is 12.5 Å². The van der Waals surface area contributed by atoms with E-state index in [1.54, 1.807) is 31.4 Å². The lowest BCUT2D eigenvalue weighted by atomic mass is 10.1. The zero-order valence-electron chi connectivity index (χ0n) is 16.7. The molecule has 0 aliphatic heterocycles. The van der Waals surface area contributed by atoms with Crippen molar-refractivity contribution in [1.82, 2.24) is 4.98 Å². The van der Waals surface area contributed by atoms with Gasteiger partial charge >= 0.3 is 0 Å². The molecule has 6 nitrogen and oxygen atoms in total. The van der Waals surface area contributed by atoms with Gasteiger partial charge in [-0.1, -0.05) is 36.0 Å². The van der Waals surface area contributed by atoms with Gasteiger partial charge in [-0.25, -0.2) is 4.98 Å². The van der Waals surface area contributed by atoms with E-state index in [0.717, 1.165) is 11.3 Å². The zero-order valence-corrected chi connectivity index (χ0v) is 17.5. The summed E-state index contributed by atoms with van der Waals surface area (Å²) in [4.78, 5) is 17.1. The predicted molar refractivity (Wildman–Crippen MR) is 118 cm³/mol. The molecular weight excluding hydrogens is 398 g/mol. The van der Waals surface area contributed by atoms with Crippen LogP contribution < -0.4 is 14.8 Å². The molecular formula is C23H21N3O3S. The molecule has 0 radical (unpaired) electrons. The van der Waals surface area contributed by atoms with Gasteiger partial charge in [0.15, 0.2) is 0 Å². The Hall–Kier alpha value is -3.50. The fourth-order valence-electron chi connectivity index (χ4n) is 2.75. The third-order valence-corrected chi connectivity index (χ3v) is 5.14. The highest BCUT2D eigenvalue weighted by Gasteiger charge is 2.12. The Balaban J connectivity index is 1.74. The fraction of sp³-hybridized carbons (Fsp3) is 0.174. The SMILES string of the molecule is CCOc1ccccc1NC(=O)CSc1nc(-c2cccc(OC)c2)ccc1C#N. The Kier molecular flexibility index (Phi) is 7.30. The summed E-state index contributed by atoms with van der Waals surface area (Å²) >= 11 is 1.22. The number of hydrogen-bond acceptors (Lipinski definition) is 6. The van der Waals surface area contributed by atoms with Gasteiger partial charge in [-0.05, 0) is 43.3 Å². The molecule has 1 aromatic heterocycles. The minimum absolute atomic E-state index is 0.115. The van der Waals surface area contributed by atoms with E-state index >= 15 is 0 Å². The van der Waals surface area contributed by atoms with Crippen LogP contribution in [0.25, 0.3) is 11.3 Å². The van der Waals surface area contributed by atoms with Crippen LogP contribution in [0.3, 0.4) is 0 Å². The van der Waals surface area contributed by atoms with Crippen LogP contribution in [-0.2, 0) is 4.79 Å². The van der Waals surface area contributed by atoms with Crippen LogP contribution in [0.15, 0.2) is 65.7 Å². The van der Waals surface area contributed by atoms with Gasteiger partial charge in [-0.3, -0.25) is 4.79 Å². The van der Waals surface area contributed by atoms with Gasteiger partial charge in [-0.15, -0.1) is 0 Å². The molecule has 152 valence electrons. The summed E-state index contributed by atoms with van der Waals surface area (Å²) in [6.07, 6.45) is 0. The summed E-state index contributed by atoms with van der Waals surface area (Å²) in [5.41, 5.74) is 2.62. The lowest BCUT2D eigenvalue weighted by Crippen LogP contribution is -2.15. The summed E-state index contributed by atoms with van der Waals surface area (Å²) in [6, 6.07) is 20.4. The number of ether oxygens (including phenoxy) is 2. The van der Waals surface area contributed by atoms with Crippen molar-refractivity contribution >= 4 is 23.4 Å². The molecule has 0 bridgehead atoms. The second-order valence-corrected chi connectivity index (χ2v) is 7.12. The van der Waals surface area contributed by atoms with Gasteiger partial charge in [0.1, 0.15) is 22.6 Å². The number of thioether (sulfide) groups is 1. The Morgan fingerprint density at radius 3 is 2.77 bits per heavy atom. The third kappa shape index (κ3) is 5.31. The van der Waals surface area contributed by atoms with Crippen LogP contribution in [0.2, 0.25) is 0 Å². The average Bonchev–Trinajstić information content (AvgIpc) is 2.79. The average molecular weight is 420 g/mol. The number of nitrogens with one attached hydrogen (secondary N) is 1. The molecule has 1 amide bonds. The molecule has 0 spiro atoms. The smallest absolute Gasteiger partial charge is 0.234 e. The first-order chi connectivity index (χ1) is 14.6. The number of nitriles is 1. The number of para-hydroxylation sites is 2. The number of pyridine rings is 1. The highest BCUT2D eigenvalue weighted by atomic mass is 32.2. The minimum Gasteiger partial charge on any atom is -0.497 e. The number of methoxy groups -OCH3 is 1. The number of aromatic nitrogens is 1. The van der Waals surface area contributed by atoms with Crippen molar-refractivity contribution in [3.63, 3.8) is 0 Å². The van der Waals surface area contributed by atoms with E-state index in [1.807, 2.05) is 43.3 Å². The predicted octanol–water partition coefficient (Wildman–Crippen LogP) is 4.76. The number of nitrogens with zero attached hydrogens (tertiary/aromatic N) is 2. The summed E-state index contributed by atoms with van der Waals surface area (Å²) < 4.78 is 10.8. The maximum absolute atomic E-state index is 12.5. The quantitative estimate of drug-likeness (QED) is 0.530. The number of carbonyl (C=O) groups excluding carboxylic acids is 1. The third-order valence-electron chi connectivity index (χ3n) is 4.15. The number of anilines is 1. The maximum atomic E-state index is 12.5. The molecule has 1 N–H and O–H groups in total. The Morgan fingerprint density at radius 2 is 2.00 bits per heavy atom.